The largest absolute Gasteiger partial charge is 0.291 e. The fourth-order valence-electron chi connectivity index (χ4n) is 1.63. The Morgan fingerprint density at radius 1 is 1.31 bits per heavy atom. The summed E-state index contributed by atoms with van der Waals surface area (Å²) >= 11 is 2.41. The lowest BCUT2D eigenvalue weighted by molar-refractivity contribution is 0.342. The summed E-state index contributed by atoms with van der Waals surface area (Å²) in [6.07, 6.45) is 3.42. The van der Waals surface area contributed by atoms with Crippen molar-refractivity contribution in [2.24, 2.45) is 0 Å². The van der Waals surface area contributed by atoms with Gasteiger partial charge in [-0.3, -0.25) is 4.18 Å². The molecule has 0 heterocycles. The molecule has 0 aromatic heterocycles. The van der Waals surface area contributed by atoms with Crippen molar-refractivity contribution in [3.05, 3.63) is 33.3 Å². The van der Waals surface area contributed by atoms with Gasteiger partial charge in [-0.05, 0) is 43.4 Å². The molecule has 4 heteroatoms. The maximum Gasteiger partial charge on any atom is 0.152 e. The van der Waals surface area contributed by atoms with Crippen molar-refractivity contribution in [1.29, 1.82) is 0 Å². The van der Waals surface area contributed by atoms with Crippen LogP contribution in [-0.4, -0.2) is 17.1 Å². The third-order valence-corrected chi connectivity index (χ3v) is 4.10. The van der Waals surface area contributed by atoms with E-state index in [1.54, 1.807) is 6.26 Å². The molecule has 90 valence electrons. The summed E-state index contributed by atoms with van der Waals surface area (Å²) in [7, 11) is 0. The van der Waals surface area contributed by atoms with Gasteiger partial charge in [0, 0.05) is 10.7 Å². The Hall–Kier alpha value is -0.190. The number of aryl methyl sites for hydroxylation is 3. The predicted octanol–water partition coefficient (Wildman–Crippen LogP) is 3.31. The Labute approximate surface area is 108 Å². The second-order valence-corrected chi connectivity index (χ2v) is 5.70. The number of hydrogen-bond acceptors (Lipinski definition) is 2. The van der Waals surface area contributed by atoms with Crippen LogP contribution < -0.4 is 0 Å². The van der Waals surface area contributed by atoms with Crippen LogP contribution in [-0.2, 0) is 21.7 Å². The van der Waals surface area contributed by atoms with Crippen molar-refractivity contribution in [2.75, 3.05) is 12.9 Å². The van der Waals surface area contributed by atoms with Gasteiger partial charge in [0.05, 0.1) is 6.61 Å². The van der Waals surface area contributed by atoms with Gasteiger partial charge < -0.3 is 0 Å². The van der Waals surface area contributed by atoms with Crippen LogP contribution in [0.3, 0.4) is 0 Å². The van der Waals surface area contributed by atoms with E-state index in [0.717, 1.165) is 12.8 Å². The van der Waals surface area contributed by atoms with Gasteiger partial charge >= 0.3 is 0 Å². The quantitative estimate of drug-likeness (QED) is 0.780. The molecule has 0 bridgehead atoms. The summed E-state index contributed by atoms with van der Waals surface area (Å²) < 4.78 is 16.9. The van der Waals surface area contributed by atoms with Crippen LogP contribution in [0.1, 0.15) is 23.1 Å². The number of benzene rings is 1. The molecule has 0 radical (unpaired) electrons. The van der Waals surface area contributed by atoms with Crippen molar-refractivity contribution in [3.8, 4) is 0 Å². The molecule has 1 unspecified atom stereocenters. The maximum absolute atomic E-state index is 10.7. The van der Waals surface area contributed by atoms with Gasteiger partial charge in [0.2, 0.25) is 0 Å². The Kier molecular flexibility index (Phi) is 5.66. The second-order valence-electron chi connectivity index (χ2n) is 3.87. The zero-order valence-electron chi connectivity index (χ0n) is 9.88. The maximum atomic E-state index is 10.7. The zero-order valence-corrected chi connectivity index (χ0v) is 12.3. The van der Waals surface area contributed by atoms with Gasteiger partial charge in [-0.1, -0.05) is 28.1 Å². The molecular formula is C12H17BrO2S. The van der Waals surface area contributed by atoms with E-state index >= 15 is 0 Å². The van der Waals surface area contributed by atoms with Gasteiger partial charge in [-0.25, -0.2) is 4.21 Å². The molecule has 0 aliphatic carbocycles. The van der Waals surface area contributed by atoms with Gasteiger partial charge in [0.25, 0.3) is 0 Å². The van der Waals surface area contributed by atoms with Crippen LogP contribution >= 0.6 is 15.9 Å². The highest BCUT2D eigenvalue weighted by atomic mass is 79.9. The molecule has 0 N–H and O–H groups in total. The Morgan fingerprint density at radius 2 is 1.88 bits per heavy atom. The molecule has 0 saturated heterocycles. The molecule has 16 heavy (non-hydrogen) atoms. The highest BCUT2D eigenvalue weighted by Gasteiger charge is 2.02. The first kappa shape index (κ1) is 13.9. The first-order chi connectivity index (χ1) is 7.50. The first-order valence-corrected chi connectivity index (χ1v) is 7.50. The lowest BCUT2D eigenvalue weighted by atomic mass is 10.0. The first-order valence-electron chi connectivity index (χ1n) is 5.23. The van der Waals surface area contributed by atoms with Crippen molar-refractivity contribution in [2.45, 2.75) is 26.7 Å². The van der Waals surface area contributed by atoms with E-state index < -0.39 is 11.1 Å². The number of hydrogen-bond donors (Lipinski definition) is 0. The van der Waals surface area contributed by atoms with Crippen molar-refractivity contribution < 1.29 is 8.39 Å². The van der Waals surface area contributed by atoms with E-state index in [1.165, 1.54) is 21.2 Å². The third kappa shape index (κ3) is 4.36. The van der Waals surface area contributed by atoms with Crippen molar-refractivity contribution in [3.63, 3.8) is 0 Å². The molecular weight excluding hydrogens is 288 g/mol. The minimum absolute atomic E-state index is 0.553. The van der Waals surface area contributed by atoms with Gasteiger partial charge in [0.15, 0.2) is 11.1 Å². The van der Waals surface area contributed by atoms with Crippen LogP contribution in [0.15, 0.2) is 16.6 Å². The van der Waals surface area contributed by atoms with Crippen LogP contribution in [0.25, 0.3) is 0 Å². The van der Waals surface area contributed by atoms with E-state index in [-0.39, 0.29) is 0 Å². The van der Waals surface area contributed by atoms with Crippen LogP contribution in [0, 0.1) is 13.8 Å². The van der Waals surface area contributed by atoms with E-state index in [2.05, 4.69) is 41.9 Å². The molecule has 1 aromatic rings. The molecule has 1 rings (SSSR count). The highest BCUT2D eigenvalue weighted by molar-refractivity contribution is 9.10. The summed E-state index contributed by atoms with van der Waals surface area (Å²) in [5.41, 5.74) is 3.83. The van der Waals surface area contributed by atoms with Crippen LogP contribution in [0.4, 0.5) is 0 Å². The second kappa shape index (κ2) is 6.52. The Bertz CT molecular complexity index is 368. The summed E-state index contributed by atoms with van der Waals surface area (Å²) in [6, 6.07) is 4.36. The Morgan fingerprint density at radius 3 is 2.38 bits per heavy atom. The predicted molar refractivity (Wildman–Crippen MR) is 72.0 cm³/mol. The standard InChI is InChI=1S/C12H17BrO2S/c1-9-7-11(8-10(2)12(9)13)5-4-6-15-16(3)14/h7-8H,4-6H2,1-3H3. The summed E-state index contributed by atoms with van der Waals surface area (Å²) in [5, 5.41) is 0. The SMILES string of the molecule is Cc1cc(CCCOS(C)=O)cc(C)c1Br. The van der Waals surface area contributed by atoms with Gasteiger partial charge in [-0.2, -0.15) is 0 Å². The van der Waals surface area contributed by atoms with Gasteiger partial charge in [-0.15, -0.1) is 0 Å². The van der Waals surface area contributed by atoms with E-state index in [1.807, 2.05) is 0 Å². The molecule has 0 aliphatic heterocycles. The summed E-state index contributed by atoms with van der Waals surface area (Å²) in [4.78, 5) is 0. The lowest BCUT2D eigenvalue weighted by Gasteiger charge is -2.07. The lowest BCUT2D eigenvalue weighted by Crippen LogP contribution is -1.99. The number of halogens is 1. The van der Waals surface area contributed by atoms with Gasteiger partial charge in [0.1, 0.15) is 0 Å². The Balaban J connectivity index is 2.52. The average molecular weight is 305 g/mol. The van der Waals surface area contributed by atoms with E-state index in [9.17, 15) is 4.21 Å². The average Bonchev–Trinajstić information content (AvgIpc) is 2.20. The smallest absolute Gasteiger partial charge is 0.152 e. The number of rotatable bonds is 5. The summed E-state index contributed by atoms with van der Waals surface area (Å²) in [5.74, 6) is 0. The minimum atomic E-state index is -1.14. The summed E-state index contributed by atoms with van der Waals surface area (Å²) in [6.45, 7) is 4.74. The van der Waals surface area contributed by atoms with Crippen molar-refractivity contribution in [1.82, 2.24) is 0 Å². The zero-order chi connectivity index (χ0) is 12.1. The molecule has 0 saturated carbocycles. The third-order valence-electron chi connectivity index (χ3n) is 2.36. The minimum Gasteiger partial charge on any atom is -0.291 e. The van der Waals surface area contributed by atoms with Crippen LogP contribution in [0.2, 0.25) is 0 Å². The van der Waals surface area contributed by atoms with Crippen LogP contribution in [0.5, 0.6) is 0 Å². The highest BCUT2D eigenvalue weighted by Crippen LogP contribution is 2.23. The monoisotopic (exact) mass is 304 g/mol. The molecule has 0 aliphatic rings. The topological polar surface area (TPSA) is 26.3 Å². The molecule has 2 nitrogen and oxygen atoms in total. The van der Waals surface area contributed by atoms with Crippen molar-refractivity contribution >= 4 is 27.0 Å². The van der Waals surface area contributed by atoms with E-state index in [0.29, 0.717) is 6.61 Å². The molecule has 0 amide bonds. The van der Waals surface area contributed by atoms with E-state index in [4.69, 9.17) is 4.18 Å². The molecule has 1 atom stereocenters. The molecule has 0 spiro atoms. The normalized spacial score (nSPS) is 12.8. The fourth-order valence-corrected chi connectivity index (χ4v) is 2.21. The molecule has 1 aromatic carbocycles. The molecule has 0 fully saturated rings. The fraction of sp³-hybridized carbons (Fsp3) is 0.500.